The van der Waals surface area contributed by atoms with Crippen LogP contribution < -0.4 is 4.90 Å². The minimum Gasteiger partial charge on any atom is -0.450 e. The van der Waals surface area contributed by atoms with Gasteiger partial charge in [0.05, 0.1) is 34.3 Å². The highest BCUT2D eigenvalue weighted by Gasteiger charge is 2.67. The van der Waals surface area contributed by atoms with Gasteiger partial charge in [0.1, 0.15) is 0 Å². The SMILES string of the molecule is CCc1cc(Br)cc2c(C(=O)OC(CC)C(=O)c3ccccc3)cc(-c3ccc(N4C(=O)C5C6C=CC(C7CC67)C5C4=O)cc3)nc12. The van der Waals surface area contributed by atoms with Crippen molar-refractivity contribution in [3.8, 4) is 11.3 Å². The van der Waals surface area contributed by atoms with Crippen LogP contribution in [-0.4, -0.2) is 34.7 Å². The van der Waals surface area contributed by atoms with E-state index in [0.717, 1.165) is 22.0 Å². The van der Waals surface area contributed by atoms with Gasteiger partial charge in [-0.15, -0.1) is 0 Å². The van der Waals surface area contributed by atoms with Gasteiger partial charge in [-0.2, -0.15) is 0 Å². The van der Waals surface area contributed by atoms with Crippen LogP contribution in [0.3, 0.4) is 0 Å². The highest BCUT2D eigenvalue weighted by Crippen LogP contribution is 2.65. The first-order chi connectivity index (χ1) is 22.8. The molecule has 7 atom stereocenters. The van der Waals surface area contributed by atoms with Gasteiger partial charge in [0.15, 0.2) is 6.10 Å². The van der Waals surface area contributed by atoms with Crippen LogP contribution >= 0.6 is 15.9 Å². The number of fused-ring (bicyclic) bond motifs is 1. The number of amides is 2. The molecule has 2 amide bonds. The third-order valence-electron chi connectivity index (χ3n) is 10.6. The maximum atomic E-state index is 13.9. The van der Waals surface area contributed by atoms with Crippen LogP contribution in [0, 0.1) is 35.5 Å². The number of halogens is 1. The first-order valence-electron chi connectivity index (χ1n) is 16.4. The molecule has 1 saturated heterocycles. The lowest BCUT2D eigenvalue weighted by atomic mass is 9.63. The summed E-state index contributed by atoms with van der Waals surface area (Å²) >= 11 is 3.58. The van der Waals surface area contributed by atoms with Crippen molar-refractivity contribution >= 4 is 56.1 Å². The molecule has 1 aliphatic heterocycles. The van der Waals surface area contributed by atoms with Crippen molar-refractivity contribution in [3.63, 3.8) is 0 Å². The summed E-state index contributed by atoms with van der Waals surface area (Å²) in [6.07, 6.45) is 5.55. The number of pyridine rings is 1. The Morgan fingerprint density at radius 2 is 1.57 bits per heavy atom. The number of hydrogen-bond acceptors (Lipinski definition) is 6. The highest BCUT2D eigenvalue weighted by molar-refractivity contribution is 9.10. The summed E-state index contributed by atoms with van der Waals surface area (Å²) in [5.41, 5.74) is 4.23. The topological polar surface area (TPSA) is 93.6 Å². The molecule has 47 heavy (non-hydrogen) atoms. The number of allylic oxidation sites excluding steroid dienone is 2. The quantitative estimate of drug-likeness (QED) is 0.0819. The Morgan fingerprint density at radius 3 is 2.19 bits per heavy atom. The fourth-order valence-electron chi connectivity index (χ4n) is 8.24. The van der Waals surface area contributed by atoms with Gasteiger partial charge in [-0.1, -0.05) is 84.4 Å². The largest absolute Gasteiger partial charge is 0.450 e. The average Bonchev–Trinajstić information content (AvgIpc) is 3.88. The van der Waals surface area contributed by atoms with Crippen LogP contribution in [0.1, 0.15) is 53.0 Å². The molecule has 8 heteroatoms. The number of imide groups is 1. The van der Waals surface area contributed by atoms with Crippen molar-refractivity contribution in [3.05, 3.63) is 106 Å². The number of carbonyl (C=O) groups excluding carboxylic acids is 4. The third kappa shape index (κ3) is 4.79. The predicted octanol–water partition coefficient (Wildman–Crippen LogP) is 7.60. The van der Waals surface area contributed by atoms with Gasteiger partial charge < -0.3 is 4.74 Å². The van der Waals surface area contributed by atoms with Crippen molar-refractivity contribution in [2.24, 2.45) is 35.5 Å². The number of hydrogen-bond donors (Lipinski definition) is 0. The van der Waals surface area contributed by atoms with Gasteiger partial charge in [-0.25, -0.2) is 9.78 Å². The van der Waals surface area contributed by atoms with Crippen molar-refractivity contribution in [1.82, 2.24) is 4.98 Å². The van der Waals surface area contributed by atoms with E-state index in [9.17, 15) is 19.2 Å². The maximum Gasteiger partial charge on any atom is 0.339 e. The molecule has 0 N–H and O–H groups in total. The monoisotopic (exact) mass is 688 g/mol. The number of anilines is 1. The van der Waals surface area contributed by atoms with E-state index in [1.807, 2.05) is 44.2 Å². The molecule has 236 valence electrons. The molecule has 3 fully saturated rings. The molecule has 2 saturated carbocycles. The van der Waals surface area contributed by atoms with Crippen LogP contribution in [0.5, 0.6) is 0 Å². The Hall–Kier alpha value is -4.43. The molecule has 3 aromatic carbocycles. The van der Waals surface area contributed by atoms with Gasteiger partial charge in [-0.05, 0) is 78.8 Å². The number of ketones is 1. The lowest BCUT2D eigenvalue weighted by molar-refractivity contribution is -0.124. The number of Topliss-reactive ketones (excluding diaryl/α,β-unsaturated/α-hetero) is 1. The van der Waals surface area contributed by atoms with Gasteiger partial charge in [-0.3, -0.25) is 19.3 Å². The Kier molecular flexibility index (Phi) is 7.24. The summed E-state index contributed by atoms with van der Waals surface area (Å²) < 4.78 is 6.69. The van der Waals surface area contributed by atoms with E-state index < -0.39 is 12.1 Å². The molecule has 0 spiro atoms. The van der Waals surface area contributed by atoms with Crippen molar-refractivity contribution < 1.29 is 23.9 Å². The molecule has 0 radical (unpaired) electrons. The fraction of sp³-hybridized carbons (Fsp3) is 0.308. The predicted molar refractivity (Wildman–Crippen MR) is 182 cm³/mol. The summed E-state index contributed by atoms with van der Waals surface area (Å²) in [7, 11) is 0. The Morgan fingerprint density at radius 1 is 0.915 bits per heavy atom. The molecular weight excluding hydrogens is 656 g/mol. The maximum absolute atomic E-state index is 13.9. The molecule has 4 aromatic rings. The lowest BCUT2D eigenvalue weighted by Crippen LogP contribution is -2.40. The van der Waals surface area contributed by atoms with Crippen LogP contribution in [0.15, 0.2) is 89.4 Å². The number of carbonyl (C=O) groups is 4. The van der Waals surface area contributed by atoms with Crippen molar-refractivity contribution in [2.75, 3.05) is 4.90 Å². The second-order valence-corrected chi connectivity index (χ2v) is 14.0. The lowest BCUT2D eigenvalue weighted by Gasteiger charge is -2.37. The number of esters is 1. The highest BCUT2D eigenvalue weighted by atomic mass is 79.9. The third-order valence-corrected chi connectivity index (χ3v) is 11.1. The number of benzene rings is 3. The van der Waals surface area contributed by atoms with Crippen LogP contribution in [0.25, 0.3) is 22.2 Å². The number of aryl methyl sites for hydroxylation is 1. The molecule has 7 unspecified atom stereocenters. The van der Waals surface area contributed by atoms with Crippen molar-refractivity contribution in [2.45, 2.75) is 39.2 Å². The zero-order chi connectivity index (χ0) is 32.6. The van der Waals surface area contributed by atoms with E-state index in [-0.39, 0.29) is 41.3 Å². The zero-order valence-corrected chi connectivity index (χ0v) is 27.6. The molecule has 5 aliphatic rings. The van der Waals surface area contributed by atoms with E-state index in [0.29, 0.717) is 58.1 Å². The molecule has 2 bridgehead atoms. The van der Waals surface area contributed by atoms with E-state index >= 15 is 0 Å². The Labute approximate surface area is 281 Å². The summed E-state index contributed by atoms with van der Waals surface area (Å²) in [6, 6.07) is 21.6. The van der Waals surface area contributed by atoms with E-state index in [1.165, 1.54) is 4.90 Å². The van der Waals surface area contributed by atoms with Gasteiger partial charge in [0, 0.05) is 21.0 Å². The number of nitrogens with zero attached hydrogens (tertiary/aromatic N) is 2. The van der Waals surface area contributed by atoms with Gasteiger partial charge >= 0.3 is 5.97 Å². The summed E-state index contributed by atoms with van der Waals surface area (Å²) in [5.74, 6) is -0.155. The normalized spacial score (nSPS) is 25.9. The van der Waals surface area contributed by atoms with Gasteiger partial charge in [0.2, 0.25) is 17.6 Å². The molecule has 9 rings (SSSR count). The minimum atomic E-state index is -0.941. The van der Waals surface area contributed by atoms with Crippen LogP contribution in [0.2, 0.25) is 0 Å². The van der Waals surface area contributed by atoms with E-state index in [2.05, 4.69) is 28.1 Å². The standard InChI is InChI=1S/C39H33BrN2O5/c1-3-20-16-23(40)17-29-30(39(46)47-32(4-2)36(43)22-8-6-5-7-9-22)19-31(41-35(20)29)21-10-12-24(13-11-21)42-37(44)33-25-14-15-26(28-18-27(25)28)34(33)38(42)45/h5-17,19,25-28,32-34H,3-4,18H2,1-2H3. The number of aromatic nitrogens is 1. The minimum absolute atomic E-state index is 0.0972. The molecule has 1 aromatic heterocycles. The van der Waals surface area contributed by atoms with E-state index in [4.69, 9.17) is 9.72 Å². The smallest absolute Gasteiger partial charge is 0.339 e. The molecule has 4 aliphatic carbocycles. The van der Waals surface area contributed by atoms with Crippen LogP contribution in [0.4, 0.5) is 5.69 Å². The number of ether oxygens (including phenoxy) is 1. The van der Waals surface area contributed by atoms with Crippen LogP contribution in [-0.2, 0) is 20.7 Å². The second kappa shape index (κ2) is 11.4. The van der Waals surface area contributed by atoms with Crippen molar-refractivity contribution in [1.29, 1.82) is 0 Å². The Balaban J connectivity index is 1.13. The number of rotatable bonds is 8. The zero-order valence-electron chi connectivity index (χ0n) is 26.1. The van der Waals surface area contributed by atoms with E-state index in [1.54, 1.807) is 42.5 Å². The molecular formula is C39H33BrN2O5. The second-order valence-electron chi connectivity index (χ2n) is 13.1. The first-order valence-corrected chi connectivity index (χ1v) is 17.2. The summed E-state index contributed by atoms with van der Waals surface area (Å²) in [4.78, 5) is 60.8. The fourth-order valence-corrected chi connectivity index (χ4v) is 8.75. The Bertz CT molecular complexity index is 1970. The summed E-state index contributed by atoms with van der Waals surface area (Å²) in [6.45, 7) is 3.85. The first kappa shape index (κ1) is 29.9. The molecule has 2 heterocycles. The summed E-state index contributed by atoms with van der Waals surface area (Å²) in [5, 5.41) is 0.626. The average molecular weight is 690 g/mol. The molecule has 7 nitrogen and oxygen atoms in total. The van der Waals surface area contributed by atoms with Gasteiger partial charge in [0.25, 0.3) is 0 Å².